The number of piperidine rings is 1. The molecule has 2 aromatic carbocycles. The first-order valence-electron chi connectivity index (χ1n) is 9.16. The van der Waals surface area contributed by atoms with Gasteiger partial charge in [0.1, 0.15) is 12.4 Å². The minimum Gasteiger partial charge on any atom is -0.489 e. The molecular weight excluding hydrogens is 308 g/mol. The molecule has 1 saturated heterocycles. The average Bonchev–Trinajstić information content (AvgIpc) is 2.67. The molecule has 3 heteroatoms. The highest BCUT2D eigenvalue weighted by Gasteiger charge is 2.19. The fourth-order valence-electron chi connectivity index (χ4n) is 3.33. The van der Waals surface area contributed by atoms with Gasteiger partial charge in [0.05, 0.1) is 0 Å². The number of benzene rings is 2. The molecule has 0 aromatic heterocycles. The summed E-state index contributed by atoms with van der Waals surface area (Å²) in [5, 5.41) is 3.71. The van der Waals surface area contributed by atoms with Crippen molar-refractivity contribution >= 4 is 0 Å². The van der Waals surface area contributed by atoms with Gasteiger partial charge in [-0.1, -0.05) is 61.2 Å². The Hall–Kier alpha value is -2.10. The van der Waals surface area contributed by atoms with Gasteiger partial charge in [0, 0.05) is 24.7 Å². The molecule has 0 amide bonds. The summed E-state index contributed by atoms with van der Waals surface area (Å²) in [5.74, 6) is 0.955. The number of nitrogens with one attached hydrogen (secondary N) is 1. The number of rotatable bonds is 8. The lowest BCUT2D eigenvalue weighted by Crippen LogP contribution is -2.41. The summed E-state index contributed by atoms with van der Waals surface area (Å²) in [6.45, 7) is 8.49. The number of hydrogen-bond donors (Lipinski definition) is 1. The van der Waals surface area contributed by atoms with Crippen LogP contribution in [0.3, 0.4) is 0 Å². The molecule has 0 radical (unpaired) electrons. The zero-order chi connectivity index (χ0) is 17.3. The third-order valence-corrected chi connectivity index (χ3v) is 4.75. The Balaban J connectivity index is 1.44. The first-order valence-corrected chi connectivity index (χ1v) is 9.16. The van der Waals surface area contributed by atoms with Gasteiger partial charge in [-0.05, 0) is 37.6 Å². The van der Waals surface area contributed by atoms with Crippen molar-refractivity contribution in [3.05, 3.63) is 78.4 Å². The van der Waals surface area contributed by atoms with Crippen molar-refractivity contribution in [1.82, 2.24) is 10.2 Å². The summed E-state index contributed by atoms with van der Waals surface area (Å²) >= 11 is 0. The maximum Gasteiger partial charge on any atom is 0.124 e. The molecule has 0 atom stereocenters. The van der Waals surface area contributed by atoms with E-state index in [0.717, 1.165) is 31.9 Å². The Labute approximate surface area is 151 Å². The van der Waals surface area contributed by atoms with Gasteiger partial charge in [-0.15, -0.1) is 0 Å². The minimum atomic E-state index is 0.550. The molecule has 1 fully saturated rings. The van der Waals surface area contributed by atoms with Gasteiger partial charge in [-0.2, -0.15) is 0 Å². The lowest BCUT2D eigenvalue weighted by Gasteiger charge is -2.32. The molecule has 0 spiro atoms. The molecule has 3 rings (SSSR count). The van der Waals surface area contributed by atoms with Gasteiger partial charge in [-0.25, -0.2) is 0 Å². The lowest BCUT2D eigenvalue weighted by molar-refractivity contribution is 0.190. The van der Waals surface area contributed by atoms with Gasteiger partial charge in [0.25, 0.3) is 0 Å². The summed E-state index contributed by atoms with van der Waals surface area (Å²) in [6.07, 6.45) is 4.18. The zero-order valence-electron chi connectivity index (χ0n) is 14.9. The van der Waals surface area contributed by atoms with Gasteiger partial charge in [0.15, 0.2) is 0 Å². The summed E-state index contributed by atoms with van der Waals surface area (Å²) in [7, 11) is 0. The third kappa shape index (κ3) is 5.45. The van der Waals surface area contributed by atoms with Crippen LogP contribution in [-0.2, 0) is 13.1 Å². The molecule has 25 heavy (non-hydrogen) atoms. The summed E-state index contributed by atoms with van der Waals surface area (Å²) in [6, 6.07) is 19.6. The van der Waals surface area contributed by atoms with Crippen molar-refractivity contribution in [3.8, 4) is 5.75 Å². The van der Waals surface area contributed by atoms with Crippen molar-refractivity contribution in [1.29, 1.82) is 0 Å². The van der Waals surface area contributed by atoms with E-state index < -0.39 is 0 Å². The van der Waals surface area contributed by atoms with E-state index in [2.05, 4.69) is 59.3 Å². The number of para-hydroxylation sites is 1. The Morgan fingerprint density at radius 1 is 1.04 bits per heavy atom. The average molecular weight is 336 g/mol. The van der Waals surface area contributed by atoms with Crippen LogP contribution in [0.2, 0.25) is 0 Å². The van der Waals surface area contributed by atoms with E-state index >= 15 is 0 Å². The molecule has 0 bridgehead atoms. The fraction of sp³-hybridized carbons (Fsp3) is 0.364. The SMILES string of the molecule is C=CCOc1ccccc1CNC1CCN(Cc2ccccc2)CC1. The Morgan fingerprint density at radius 2 is 1.76 bits per heavy atom. The maximum absolute atomic E-state index is 5.74. The van der Waals surface area contributed by atoms with Crippen LogP contribution in [0.4, 0.5) is 0 Å². The zero-order valence-corrected chi connectivity index (χ0v) is 14.9. The van der Waals surface area contributed by atoms with Gasteiger partial charge < -0.3 is 10.1 Å². The van der Waals surface area contributed by atoms with Crippen molar-refractivity contribution in [2.75, 3.05) is 19.7 Å². The van der Waals surface area contributed by atoms with Gasteiger partial charge >= 0.3 is 0 Å². The van der Waals surface area contributed by atoms with E-state index in [-0.39, 0.29) is 0 Å². The minimum absolute atomic E-state index is 0.550. The van der Waals surface area contributed by atoms with E-state index in [1.807, 2.05) is 12.1 Å². The van der Waals surface area contributed by atoms with E-state index in [0.29, 0.717) is 12.6 Å². The van der Waals surface area contributed by atoms with Crippen molar-refractivity contribution < 1.29 is 4.74 Å². The van der Waals surface area contributed by atoms with Crippen LogP contribution >= 0.6 is 0 Å². The second kappa shape index (κ2) is 9.40. The van der Waals surface area contributed by atoms with Crippen molar-refractivity contribution in [3.63, 3.8) is 0 Å². The molecule has 1 aliphatic rings. The van der Waals surface area contributed by atoms with Crippen LogP contribution < -0.4 is 10.1 Å². The van der Waals surface area contributed by atoms with Crippen LogP contribution in [-0.4, -0.2) is 30.6 Å². The summed E-state index contributed by atoms with van der Waals surface area (Å²) < 4.78 is 5.74. The standard InChI is InChI=1S/C22H28N2O/c1-2-16-25-22-11-7-6-10-20(22)17-23-21-12-14-24(15-13-21)18-19-8-4-3-5-9-19/h2-11,21,23H,1,12-18H2. The predicted octanol–water partition coefficient (Wildman–Crippen LogP) is 4.01. The highest BCUT2D eigenvalue weighted by Crippen LogP contribution is 2.19. The number of nitrogens with zero attached hydrogens (tertiary/aromatic N) is 1. The molecule has 0 unspecified atom stereocenters. The fourth-order valence-corrected chi connectivity index (χ4v) is 3.33. The second-order valence-electron chi connectivity index (χ2n) is 6.62. The predicted molar refractivity (Wildman–Crippen MR) is 104 cm³/mol. The highest BCUT2D eigenvalue weighted by atomic mass is 16.5. The molecule has 1 aliphatic heterocycles. The van der Waals surface area contributed by atoms with Crippen LogP contribution in [0, 0.1) is 0 Å². The van der Waals surface area contributed by atoms with Crippen LogP contribution in [0.15, 0.2) is 67.3 Å². The summed E-state index contributed by atoms with van der Waals surface area (Å²) in [4.78, 5) is 2.55. The molecule has 2 aromatic rings. The number of ether oxygens (including phenoxy) is 1. The van der Waals surface area contributed by atoms with E-state index in [9.17, 15) is 0 Å². The van der Waals surface area contributed by atoms with Crippen LogP contribution in [0.5, 0.6) is 5.75 Å². The Kier molecular flexibility index (Phi) is 6.66. The molecular formula is C22H28N2O. The second-order valence-corrected chi connectivity index (χ2v) is 6.62. The highest BCUT2D eigenvalue weighted by molar-refractivity contribution is 5.33. The maximum atomic E-state index is 5.74. The largest absolute Gasteiger partial charge is 0.489 e. The van der Waals surface area contributed by atoms with Gasteiger partial charge in [0.2, 0.25) is 0 Å². The molecule has 0 saturated carbocycles. The summed E-state index contributed by atoms with van der Waals surface area (Å²) in [5.41, 5.74) is 2.62. The first-order chi connectivity index (χ1) is 12.3. The van der Waals surface area contributed by atoms with E-state index in [4.69, 9.17) is 4.74 Å². The number of hydrogen-bond acceptors (Lipinski definition) is 3. The Bertz CT molecular complexity index is 648. The molecule has 132 valence electrons. The van der Waals surface area contributed by atoms with Crippen molar-refractivity contribution in [2.45, 2.75) is 32.0 Å². The van der Waals surface area contributed by atoms with E-state index in [1.165, 1.54) is 24.0 Å². The molecule has 1 N–H and O–H groups in total. The smallest absolute Gasteiger partial charge is 0.124 e. The Morgan fingerprint density at radius 3 is 2.52 bits per heavy atom. The lowest BCUT2D eigenvalue weighted by atomic mass is 10.0. The quantitative estimate of drug-likeness (QED) is 0.737. The van der Waals surface area contributed by atoms with Crippen molar-refractivity contribution in [2.24, 2.45) is 0 Å². The molecule has 0 aliphatic carbocycles. The molecule has 3 nitrogen and oxygen atoms in total. The number of likely N-dealkylation sites (tertiary alicyclic amines) is 1. The van der Waals surface area contributed by atoms with Crippen LogP contribution in [0.1, 0.15) is 24.0 Å². The van der Waals surface area contributed by atoms with E-state index in [1.54, 1.807) is 6.08 Å². The topological polar surface area (TPSA) is 24.5 Å². The third-order valence-electron chi connectivity index (χ3n) is 4.75. The van der Waals surface area contributed by atoms with Gasteiger partial charge in [-0.3, -0.25) is 4.90 Å². The monoisotopic (exact) mass is 336 g/mol. The molecule has 1 heterocycles. The van der Waals surface area contributed by atoms with Crippen LogP contribution in [0.25, 0.3) is 0 Å². The first kappa shape index (κ1) is 17.7. The normalized spacial score (nSPS) is 15.8.